The summed E-state index contributed by atoms with van der Waals surface area (Å²) in [5, 5.41) is 7.21. The molecule has 2 aromatic rings. The van der Waals surface area contributed by atoms with Crippen LogP contribution in [0, 0.1) is 6.92 Å². The first-order valence-corrected chi connectivity index (χ1v) is 7.53. The van der Waals surface area contributed by atoms with Crippen molar-refractivity contribution in [1.82, 2.24) is 15.0 Å². The second kappa shape index (κ2) is 6.26. The molecule has 1 saturated heterocycles. The van der Waals surface area contributed by atoms with Gasteiger partial charge in [-0.05, 0) is 49.9 Å². The fourth-order valence-electron chi connectivity index (χ4n) is 3.03. The predicted octanol–water partition coefficient (Wildman–Crippen LogP) is 2.80. The van der Waals surface area contributed by atoms with Crippen molar-refractivity contribution in [1.29, 1.82) is 0 Å². The summed E-state index contributed by atoms with van der Waals surface area (Å²) in [5.74, 6) is 2.39. The molecule has 0 saturated carbocycles. The van der Waals surface area contributed by atoms with E-state index in [2.05, 4.69) is 32.5 Å². The molecule has 1 atom stereocenters. The minimum absolute atomic E-state index is 0.571. The summed E-state index contributed by atoms with van der Waals surface area (Å²) in [7, 11) is 1.91. The quantitative estimate of drug-likeness (QED) is 0.936. The number of pyridine rings is 1. The highest BCUT2D eigenvalue weighted by atomic mass is 16.5. The van der Waals surface area contributed by atoms with E-state index in [1.54, 1.807) is 0 Å². The maximum absolute atomic E-state index is 5.15. The lowest BCUT2D eigenvalue weighted by molar-refractivity contribution is 0.195. The zero-order valence-corrected chi connectivity index (χ0v) is 12.7. The molecule has 0 aromatic carbocycles. The lowest BCUT2D eigenvalue weighted by atomic mass is 9.91. The molecule has 1 aliphatic heterocycles. The molecular weight excluding hydrogens is 264 g/mol. The summed E-state index contributed by atoms with van der Waals surface area (Å²) < 4.78 is 5.15. The number of nitrogens with zero attached hydrogens (tertiary/aromatic N) is 3. The van der Waals surface area contributed by atoms with Crippen LogP contribution < -0.4 is 5.32 Å². The summed E-state index contributed by atoms with van der Waals surface area (Å²) >= 11 is 0. The zero-order valence-electron chi connectivity index (χ0n) is 12.7. The molecule has 1 N–H and O–H groups in total. The van der Waals surface area contributed by atoms with Gasteiger partial charge in [0, 0.05) is 32.4 Å². The van der Waals surface area contributed by atoms with E-state index in [9.17, 15) is 0 Å². The maximum Gasteiger partial charge on any atom is 0.133 e. The molecule has 1 fully saturated rings. The molecule has 3 heterocycles. The van der Waals surface area contributed by atoms with E-state index in [0.29, 0.717) is 5.92 Å². The van der Waals surface area contributed by atoms with Crippen molar-refractivity contribution in [2.75, 3.05) is 25.5 Å². The van der Waals surface area contributed by atoms with E-state index in [1.165, 1.54) is 18.4 Å². The van der Waals surface area contributed by atoms with Crippen molar-refractivity contribution in [3.05, 3.63) is 41.4 Å². The highest BCUT2D eigenvalue weighted by Gasteiger charge is 2.22. The summed E-state index contributed by atoms with van der Waals surface area (Å²) in [4.78, 5) is 6.76. The van der Waals surface area contributed by atoms with Gasteiger partial charge in [0.2, 0.25) is 0 Å². The molecule has 0 amide bonds. The van der Waals surface area contributed by atoms with Gasteiger partial charge >= 0.3 is 0 Å². The standard InChI is InChI=1S/C16H22N4O/c1-12-8-15(19-21-12)11-20-7-3-4-14(10-20)13-5-6-18-16(9-13)17-2/h5-6,8-9,14H,3-4,7,10-11H2,1-2H3,(H,17,18)/t14-/m0/s1. The van der Waals surface area contributed by atoms with Crippen LogP contribution >= 0.6 is 0 Å². The topological polar surface area (TPSA) is 54.2 Å². The number of anilines is 1. The van der Waals surface area contributed by atoms with E-state index in [4.69, 9.17) is 4.52 Å². The number of hydrogen-bond donors (Lipinski definition) is 1. The van der Waals surface area contributed by atoms with Gasteiger partial charge in [0.25, 0.3) is 0 Å². The van der Waals surface area contributed by atoms with Crippen LogP contribution in [-0.4, -0.2) is 35.2 Å². The Morgan fingerprint density at radius 1 is 1.43 bits per heavy atom. The van der Waals surface area contributed by atoms with E-state index in [-0.39, 0.29) is 0 Å². The van der Waals surface area contributed by atoms with Gasteiger partial charge in [-0.2, -0.15) is 0 Å². The molecule has 5 heteroatoms. The molecule has 21 heavy (non-hydrogen) atoms. The molecule has 3 rings (SSSR count). The Kier molecular flexibility index (Phi) is 4.20. The first-order chi connectivity index (χ1) is 10.2. The number of nitrogens with one attached hydrogen (secondary N) is 1. The molecule has 0 aliphatic carbocycles. The van der Waals surface area contributed by atoms with Crippen LogP contribution in [0.3, 0.4) is 0 Å². The molecule has 0 spiro atoms. The second-order valence-corrected chi connectivity index (χ2v) is 5.73. The molecule has 112 valence electrons. The van der Waals surface area contributed by atoms with Crippen molar-refractivity contribution in [2.24, 2.45) is 0 Å². The monoisotopic (exact) mass is 286 g/mol. The average molecular weight is 286 g/mol. The number of hydrogen-bond acceptors (Lipinski definition) is 5. The molecule has 1 aliphatic rings. The maximum atomic E-state index is 5.15. The van der Waals surface area contributed by atoms with Gasteiger partial charge in [-0.1, -0.05) is 5.16 Å². The average Bonchev–Trinajstić information content (AvgIpc) is 2.93. The normalized spacial score (nSPS) is 19.6. The van der Waals surface area contributed by atoms with Crippen LogP contribution in [-0.2, 0) is 6.54 Å². The third-order valence-electron chi connectivity index (χ3n) is 4.08. The van der Waals surface area contributed by atoms with Gasteiger partial charge in [-0.15, -0.1) is 0 Å². The molecular formula is C16H22N4O. The summed E-state index contributed by atoms with van der Waals surface area (Å²) in [6.45, 7) is 5.01. The van der Waals surface area contributed by atoms with E-state index in [1.807, 2.05) is 26.2 Å². The molecule has 5 nitrogen and oxygen atoms in total. The minimum atomic E-state index is 0.571. The van der Waals surface area contributed by atoms with E-state index in [0.717, 1.165) is 36.9 Å². The zero-order chi connectivity index (χ0) is 14.7. The molecule has 2 aromatic heterocycles. The first-order valence-electron chi connectivity index (χ1n) is 7.53. The Morgan fingerprint density at radius 2 is 2.33 bits per heavy atom. The van der Waals surface area contributed by atoms with E-state index >= 15 is 0 Å². The van der Waals surface area contributed by atoms with E-state index < -0.39 is 0 Å². The number of aryl methyl sites for hydroxylation is 1. The predicted molar refractivity (Wildman–Crippen MR) is 82.3 cm³/mol. The van der Waals surface area contributed by atoms with Crippen LogP contribution in [0.25, 0.3) is 0 Å². The van der Waals surface area contributed by atoms with Crippen molar-refractivity contribution in [3.63, 3.8) is 0 Å². The van der Waals surface area contributed by atoms with Crippen molar-refractivity contribution < 1.29 is 4.52 Å². The fourth-order valence-corrected chi connectivity index (χ4v) is 3.03. The lowest BCUT2D eigenvalue weighted by Gasteiger charge is -2.32. The van der Waals surface area contributed by atoms with Gasteiger partial charge in [0.15, 0.2) is 0 Å². The Labute approximate surface area is 125 Å². The molecule has 0 unspecified atom stereocenters. The van der Waals surface area contributed by atoms with Gasteiger partial charge in [0.05, 0.1) is 5.69 Å². The van der Waals surface area contributed by atoms with Gasteiger partial charge in [-0.3, -0.25) is 4.90 Å². The molecule has 0 radical (unpaired) electrons. The van der Waals surface area contributed by atoms with Gasteiger partial charge in [0.1, 0.15) is 11.6 Å². The highest BCUT2D eigenvalue weighted by Crippen LogP contribution is 2.28. The Morgan fingerprint density at radius 3 is 3.10 bits per heavy atom. The highest BCUT2D eigenvalue weighted by molar-refractivity contribution is 5.38. The third kappa shape index (κ3) is 3.42. The second-order valence-electron chi connectivity index (χ2n) is 5.73. The van der Waals surface area contributed by atoms with Crippen molar-refractivity contribution in [2.45, 2.75) is 32.2 Å². The third-order valence-corrected chi connectivity index (χ3v) is 4.08. The number of likely N-dealkylation sites (tertiary alicyclic amines) is 1. The Bertz CT molecular complexity index is 595. The van der Waals surface area contributed by atoms with Crippen molar-refractivity contribution >= 4 is 5.82 Å². The fraction of sp³-hybridized carbons (Fsp3) is 0.500. The number of piperidine rings is 1. The molecule has 0 bridgehead atoms. The van der Waals surface area contributed by atoms with Gasteiger partial charge in [-0.25, -0.2) is 4.98 Å². The SMILES string of the molecule is CNc1cc([C@H]2CCCN(Cc3cc(C)on3)C2)ccn1. The first kappa shape index (κ1) is 14.1. The van der Waals surface area contributed by atoms with Crippen LogP contribution in [0.2, 0.25) is 0 Å². The van der Waals surface area contributed by atoms with Crippen LogP contribution in [0.1, 0.15) is 35.8 Å². The lowest BCUT2D eigenvalue weighted by Crippen LogP contribution is -2.34. The van der Waals surface area contributed by atoms with Crippen molar-refractivity contribution in [3.8, 4) is 0 Å². The number of rotatable bonds is 4. The van der Waals surface area contributed by atoms with Crippen LogP contribution in [0.5, 0.6) is 0 Å². The summed E-state index contributed by atoms with van der Waals surface area (Å²) in [6, 6.07) is 6.32. The Balaban J connectivity index is 1.67. The van der Waals surface area contributed by atoms with Crippen LogP contribution in [0.4, 0.5) is 5.82 Å². The minimum Gasteiger partial charge on any atom is -0.373 e. The summed E-state index contributed by atoms with van der Waals surface area (Å²) in [5.41, 5.74) is 2.40. The number of aromatic nitrogens is 2. The van der Waals surface area contributed by atoms with Crippen LogP contribution in [0.15, 0.2) is 28.9 Å². The van der Waals surface area contributed by atoms with Gasteiger partial charge < -0.3 is 9.84 Å². The largest absolute Gasteiger partial charge is 0.373 e. The summed E-state index contributed by atoms with van der Waals surface area (Å²) in [6.07, 6.45) is 4.35. The Hall–Kier alpha value is -1.88. The smallest absolute Gasteiger partial charge is 0.133 e.